The van der Waals surface area contributed by atoms with Crippen LogP contribution in [0.2, 0.25) is 0 Å². The molecule has 0 radical (unpaired) electrons. The second kappa shape index (κ2) is 10.4. The first-order valence-corrected chi connectivity index (χ1v) is 10.3. The van der Waals surface area contributed by atoms with Crippen LogP contribution in [0.25, 0.3) is 0 Å². The minimum absolute atomic E-state index is 0.263. The first-order chi connectivity index (χ1) is 13.7. The van der Waals surface area contributed by atoms with Gasteiger partial charge in [0.1, 0.15) is 12.4 Å². The molecule has 0 aromatic carbocycles. The maximum atomic E-state index is 9.03. The van der Waals surface area contributed by atoms with Crippen LogP contribution < -0.4 is 4.90 Å². The van der Waals surface area contributed by atoms with Gasteiger partial charge < -0.3 is 9.64 Å². The summed E-state index contributed by atoms with van der Waals surface area (Å²) >= 11 is 0. The molecule has 0 saturated carbocycles. The molecule has 0 N–H and O–H groups in total. The molecule has 1 aromatic rings. The molecule has 3 rings (SSSR count). The van der Waals surface area contributed by atoms with Crippen LogP contribution in [-0.2, 0) is 4.74 Å². The van der Waals surface area contributed by atoms with Gasteiger partial charge in [-0.1, -0.05) is 11.8 Å². The molecule has 2 fully saturated rings. The number of ether oxygens (including phenoxy) is 1. The quantitative estimate of drug-likeness (QED) is 0.727. The smallest absolute Gasteiger partial charge is 0.129 e. The summed E-state index contributed by atoms with van der Waals surface area (Å²) in [6.07, 6.45) is 3.91. The third kappa shape index (κ3) is 5.94. The summed E-state index contributed by atoms with van der Waals surface area (Å²) < 4.78 is 5.95. The van der Waals surface area contributed by atoms with E-state index in [4.69, 9.17) is 10.00 Å². The molecule has 0 spiro atoms. The Morgan fingerprint density at radius 2 is 1.89 bits per heavy atom. The molecule has 6 nitrogen and oxygen atoms in total. The summed E-state index contributed by atoms with van der Waals surface area (Å²) in [4.78, 5) is 11.6. The molecule has 3 heterocycles. The van der Waals surface area contributed by atoms with E-state index in [1.165, 1.54) is 0 Å². The van der Waals surface area contributed by atoms with Crippen LogP contribution in [-0.4, -0.2) is 79.3 Å². The lowest BCUT2D eigenvalue weighted by atomic mass is 10.1. The highest BCUT2D eigenvalue weighted by atomic mass is 16.5. The Kier molecular flexibility index (Phi) is 7.68. The summed E-state index contributed by atoms with van der Waals surface area (Å²) in [7, 11) is 0. The summed E-state index contributed by atoms with van der Waals surface area (Å²) in [6.45, 7) is 12.2. The van der Waals surface area contributed by atoms with E-state index in [9.17, 15) is 0 Å². The predicted molar refractivity (Wildman–Crippen MR) is 111 cm³/mol. The molecular formula is C22H31N5O. The molecule has 0 unspecified atom stereocenters. The average molecular weight is 382 g/mol. The van der Waals surface area contributed by atoms with Gasteiger partial charge in [0.25, 0.3) is 0 Å². The van der Waals surface area contributed by atoms with Gasteiger partial charge in [-0.15, -0.1) is 0 Å². The first-order valence-electron chi connectivity index (χ1n) is 10.3. The molecule has 2 saturated heterocycles. The number of pyridine rings is 1. The van der Waals surface area contributed by atoms with E-state index in [1.54, 1.807) is 12.3 Å². The van der Waals surface area contributed by atoms with Crippen molar-refractivity contribution >= 4 is 5.82 Å². The molecular weight excluding hydrogens is 350 g/mol. The molecule has 2 aliphatic rings. The highest BCUT2D eigenvalue weighted by Gasteiger charge is 2.21. The summed E-state index contributed by atoms with van der Waals surface area (Å²) in [6, 6.07) is 6.40. The van der Waals surface area contributed by atoms with Crippen molar-refractivity contribution < 1.29 is 4.74 Å². The van der Waals surface area contributed by atoms with Gasteiger partial charge in [-0.05, 0) is 38.8 Å². The number of anilines is 1. The molecule has 0 atom stereocenters. The summed E-state index contributed by atoms with van der Waals surface area (Å²) in [5.41, 5.74) is 0.657. The minimum Gasteiger partial charge on any atom is -0.365 e. The number of aromatic nitrogens is 1. The minimum atomic E-state index is 0.263. The Morgan fingerprint density at radius 1 is 1.14 bits per heavy atom. The van der Waals surface area contributed by atoms with Gasteiger partial charge in [0.2, 0.25) is 0 Å². The standard InChI is InChI=1S/C22H31N5O/c1-19(2)26-14-12-25(13-15-26)9-3-4-16-28-21-6-10-27(11-7-21)22-17-20(18-23)5-8-24-22/h5,8,17,19,21H,6-7,9-16H2,1-2H3. The molecule has 0 bridgehead atoms. The van der Waals surface area contributed by atoms with E-state index in [0.29, 0.717) is 18.2 Å². The number of nitriles is 1. The number of piperazine rings is 1. The zero-order valence-corrected chi connectivity index (χ0v) is 17.1. The van der Waals surface area contributed by atoms with Crippen LogP contribution in [0.1, 0.15) is 32.3 Å². The van der Waals surface area contributed by atoms with Gasteiger partial charge in [-0.25, -0.2) is 4.98 Å². The van der Waals surface area contributed by atoms with E-state index in [1.807, 2.05) is 6.07 Å². The molecule has 0 amide bonds. The van der Waals surface area contributed by atoms with Crippen molar-refractivity contribution in [3.63, 3.8) is 0 Å². The monoisotopic (exact) mass is 381 g/mol. The Hall–Kier alpha value is -2.12. The van der Waals surface area contributed by atoms with Crippen LogP contribution in [0.3, 0.4) is 0 Å². The predicted octanol–water partition coefficient (Wildman–Crippen LogP) is 1.97. The molecule has 0 aliphatic carbocycles. The Bertz CT molecular complexity index is 716. The molecule has 28 heavy (non-hydrogen) atoms. The Labute approximate surface area is 169 Å². The summed E-state index contributed by atoms with van der Waals surface area (Å²) in [5, 5.41) is 9.03. The van der Waals surface area contributed by atoms with Crippen LogP contribution in [0.15, 0.2) is 18.3 Å². The third-order valence-corrected chi connectivity index (χ3v) is 5.60. The van der Waals surface area contributed by atoms with Crippen molar-refractivity contribution in [3.8, 4) is 17.9 Å². The normalized spacial score (nSPS) is 19.3. The number of hydrogen-bond acceptors (Lipinski definition) is 6. The van der Waals surface area contributed by atoms with Crippen molar-refractivity contribution in [3.05, 3.63) is 23.9 Å². The number of rotatable bonds is 5. The van der Waals surface area contributed by atoms with Crippen molar-refractivity contribution in [2.45, 2.75) is 38.8 Å². The van der Waals surface area contributed by atoms with Gasteiger partial charge >= 0.3 is 0 Å². The van der Waals surface area contributed by atoms with Crippen molar-refractivity contribution in [2.24, 2.45) is 0 Å². The van der Waals surface area contributed by atoms with Gasteiger partial charge in [0.15, 0.2) is 0 Å². The Balaban J connectivity index is 1.32. The van der Waals surface area contributed by atoms with Crippen LogP contribution in [0.5, 0.6) is 0 Å². The topological polar surface area (TPSA) is 55.6 Å². The van der Waals surface area contributed by atoms with Gasteiger partial charge in [-0.3, -0.25) is 9.80 Å². The molecule has 2 aliphatic heterocycles. The fourth-order valence-corrected chi connectivity index (χ4v) is 3.73. The van der Waals surface area contributed by atoms with Crippen molar-refractivity contribution in [2.75, 3.05) is 57.3 Å². The first kappa shape index (κ1) is 20.6. The van der Waals surface area contributed by atoms with Gasteiger partial charge in [0, 0.05) is 51.5 Å². The van der Waals surface area contributed by atoms with Crippen LogP contribution in [0, 0.1) is 23.2 Å². The zero-order chi connectivity index (χ0) is 19.8. The third-order valence-electron chi connectivity index (χ3n) is 5.60. The second-order valence-corrected chi connectivity index (χ2v) is 7.77. The van der Waals surface area contributed by atoms with E-state index in [-0.39, 0.29) is 6.10 Å². The highest BCUT2D eigenvalue weighted by Crippen LogP contribution is 2.20. The van der Waals surface area contributed by atoms with Crippen LogP contribution in [0.4, 0.5) is 5.82 Å². The second-order valence-electron chi connectivity index (χ2n) is 7.77. The van der Waals surface area contributed by atoms with E-state index < -0.39 is 0 Å². The van der Waals surface area contributed by atoms with Gasteiger partial charge in [0.05, 0.1) is 24.3 Å². The van der Waals surface area contributed by atoms with Gasteiger partial charge in [-0.2, -0.15) is 5.26 Å². The number of hydrogen-bond donors (Lipinski definition) is 0. The highest BCUT2D eigenvalue weighted by molar-refractivity contribution is 5.45. The zero-order valence-electron chi connectivity index (χ0n) is 17.1. The van der Waals surface area contributed by atoms with Crippen molar-refractivity contribution in [1.82, 2.24) is 14.8 Å². The molecule has 150 valence electrons. The fourth-order valence-electron chi connectivity index (χ4n) is 3.73. The van der Waals surface area contributed by atoms with E-state index in [0.717, 1.165) is 64.5 Å². The maximum Gasteiger partial charge on any atom is 0.129 e. The Morgan fingerprint density at radius 3 is 2.57 bits per heavy atom. The SMILES string of the molecule is CC(C)N1CCN(CC#CCOC2CCN(c3cc(C#N)ccn3)CC2)CC1. The fraction of sp³-hybridized carbons (Fsp3) is 0.636. The number of nitrogens with zero attached hydrogens (tertiary/aromatic N) is 5. The maximum absolute atomic E-state index is 9.03. The van der Waals surface area contributed by atoms with Crippen LogP contribution >= 0.6 is 0 Å². The van der Waals surface area contributed by atoms with E-state index in [2.05, 4.69) is 51.4 Å². The molecule has 1 aromatic heterocycles. The lowest BCUT2D eigenvalue weighted by Crippen LogP contribution is -2.48. The number of piperidine rings is 1. The van der Waals surface area contributed by atoms with E-state index >= 15 is 0 Å². The van der Waals surface area contributed by atoms with Crippen molar-refractivity contribution in [1.29, 1.82) is 5.26 Å². The lowest BCUT2D eigenvalue weighted by molar-refractivity contribution is 0.0593. The average Bonchev–Trinajstić information content (AvgIpc) is 2.74. The largest absolute Gasteiger partial charge is 0.365 e. The molecule has 6 heteroatoms. The summed E-state index contributed by atoms with van der Waals surface area (Å²) in [5.74, 6) is 7.33. The lowest BCUT2D eigenvalue weighted by Gasteiger charge is -2.36.